The molecule has 1 N–H and O–H groups in total. The summed E-state index contributed by atoms with van der Waals surface area (Å²) in [4.78, 5) is 12.6. The van der Waals surface area contributed by atoms with E-state index in [1.165, 1.54) is 0 Å². The number of hydrogen-bond donors (Lipinski definition) is 1. The molecule has 0 bridgehead atoms. The summed E-state index contributed by atoms with van der Waals surface area (Å²) in [5, 5.41) is 7.91. The molecule has 2 aromatic rings. The number of amides is 1. The first-order chi connectivity index (χ1) is 11.8. The van der Waals surface area contributed by atoms with Crippen molar-refractivity contribution in [3.8, 4) is 0 Å². The molecule has 0 saturated carbocycles. The zero-order valence-corrected chi connectivity index (χ0v) is 15.7. The van der Waals surface area contributed by atoms with E-state index in [9.17, 15) is 13.2 Å². The van der Waals surface area contributed by atoms with Crippen LogP contribution in [0.25, 0.3) is 0 Å². The Kier molecular flexibility index (Phi) is 4.88. The van der Waals surface area contributed by atoms with Crippen molar-refractivity contribution < 1.29 is 13.2 Å². The van der Waals surface area contributed by atoms with Gasteiger partial charge in [-0.15, -0.1) is 0 Å². The van der Waals surface area contributed by atoms with Gasteiger partial charge in [0.05, 0.1) is 28.8 Å². The van der Waals surface area contributed by atoms with Crippen molar-refractivity contribution in [1.29, 1.82) is 0 Å². The number of sulfone groups is 1. The highest BCUT2D eigenvalue weighted by atomic mass is 35.5. The molecule has 2 heterocycles. The number of hydrogen-bond acceptors (Lipinski definition) is 4. The Hall–Kier alpha value is -1.86. The van der Waals surface area contributed by atoms with Crippen LogP contribution in [0.3, 0.4) is 0 Å². The Morgan fingerprint density at radius 2 is 2.16 bits per heavy atom. The van der Waals surface area contributed by atoms with Crippen LogP contribution in [0.1, 0.15) is 39.8 Å². The molecule has 8 heteroatoms. The first-order valence-electron chi connectivity index (χ1n) is 8.05. The summed E-state index contributed by atoms with van der Waals surface area (Å²) in [6.07, 6.45) is 0.536. The van der Waals surface area contributed by atoms with Gasteiger partial charge in [-0.25, -0.2) is 8.42 Å². The highest BCUT2D eigenvalue weighted by Crippen LogP contribution is 2.26. The van der Waals surface area contributed by atoms with Gasteiger partial charge in [0.25, 0.3) is 5.91 Å². The minimum Gasteiger partial charge on any atom is -0.348 e. The third kappa shape index (κ3) is 3.88. The molecular weight excluding hydrogens is 362 g/mol. The Bertz CT molecular complexity index is 921. The van der Waals surface area contributed by atoms with Crippen molar-refractivity contribution in [2.75, 3.05) is 11.5 Å². The van der Waals surface area contributed by atoms with Crippen molar-refractivity contribution in [1.82, 2.24) is 15.1 Å². The summed E-state index contributed by atoms with van der Waals surface area (Å²) in [6, 6.07) is 7.10. The quantitative estimate of drug-likeness (QED) is 0.881. The van der Waals surface area contributed by atoms with E-state index in [-0.39, 0.29) is 23.5 Å². The van der Waals surface area contributed by atoms with Crippen molar-refractivity contribution in [2.24, 2.45) is 0 Å². The van der Waals surface area contributed by atoms with E-state index in [4.69, 9.17) is 11.6 Å². The van der Waals surface area contributed by atoms with Gasteiger partial charge in [0, 0.05) is 17.3 Å². The number of aromatic nitrogens is 2. The molecule has 0 spiro atoms. The van der Waals surface area contributed by atoms with E-state index >= 15 is 0 Å². The van der Waals surface area contributed by atoms with Crippen LogP contribution in [0.15, 0.2) is 24.3 Å². The average molecular weight is 382 g/mol. The fourth-order valence-electron chi connectivity index (χ4n) is 3.23. The molecule has 25 heavy (non-hydrogen) atoms. The second-order valence-corrected chi connectivity index (χ2v) is 9.03. The number of nitrogens with one attached hydrogen (secondary N) is 1. The smallest absolute Gasteiger partial charge is 0.255 e. The number of aryl methyl sites for hydroxylation is 1. The van der Waals surface area contributed by atoms with Crippen molar-refractivity contribution in [3.63, 3.8) is 0 Å². The van der Waals surface area contributed by atoms with E-state index in [0.29, 0.717) is 34.9 Å². The van der Waals surface area contributed by atoms with Crippen LogP contribution in [0.5, 0.6) is 0 Å². The van der Waals surface area contributed by atoms with Crippen molar-refractivity contribution in [3.05, 3.63) is 51.8 Å². The normalized spacial score (nSPS) is 19.1. The molecule has 6 nitrogen and oxygen atoms in total. The predicted octanol–water partition coefficient (Wildman–Crippen LogP) is 2.44. The van der Waals surface area contributed by atoms with Crippen LogP contribution in [0.4, 0.5) is 0 Å². The minimum absolute atomic E-state index is 0.0819. The monoisotopic (exact) mass is 381 g/mol. The second-order valence-electron chi connectivity index (χ2n) is 6.36. The largest absolute Gasteiger partial charge is 0.348 e. The van der Waals surface area contributed by atoms with Crippen LogP contribution >= 0.6 is 11.6 Å². The maximum Gasteiger partial charge on any atom is 0.255 e. The van der Waals surface area contributed by atoms with Gasteiger partial charge in [-0.3, -0.25) is 9.48 Å². The maximum absolute atomic E-state index is 12.6. The molecule has 1 fully saturated rings. The number of carbonyl (C=O) groups is 1. The molecule has 0 aliphatic carbocycles. The summed E-state index contributed by atoms with van der Waals surface area (Å²) in [5.74, 6) is 0.0345. The second kappa shape index (κ2) is 6.80. The molecule has 1 amide bonds. The van der Waals surface area contributed by atoms with E-state index in [2.05, 4.69) is 10.4 Å². The highest BCUT2D eigenvalue weighted by molar-refractivity contribution is 7.91. The van der Waals surface area contributed by atoms with Gasteiger partial charge < -0.3 is 5.32 Å². The minimum atomic E-state index is -3.01. The topological polar surface area (TPSA) is 81.1 Å². The number of nitrogens with zero attached hydrogens (tertiary/aromatic N) is 2. The third-order valence-corrected chi connectivity index (χ3v) is 6.43. The summed E-state index contributed by atoms with van der Waals surface area (Å²) >= 11 is 5.95. The van der Waals surface area contributed by atoms with Crippen molar-refractivity contribution >= 4 is 27.3 Å². The highest BCUT2D eigenvalue weighted by Gasteiger charge is 2.32. The maximum atomic E-state index is 12.6. The molecular formula is C17H20ClN3O3S. The fraction of sp³-hybridized carbons (Fsp3) is 0.412. The SMILES string of the molecule is Cc1nn([C@@H]2CCS(=O)(=O)C2)c(C)c1C(=O)NCc1cccc(Cl)c1. The van der Waals surface area contributed by atoms with Gasteiger partial charge in [-0.05, 0) is 38.0 Å². The van der Waals surface area contributed by atoms with Gasteiger partial charge in [0.2, 0.25) is 0 Å². The van der Waals surface area contributed by atoms with Gasteiger partial charge in [-0.2, -0.15) is 5.10 Å². The molecule has 1 aromatic heterocycles. The van der Waals surface area contributed by atoms with Gasteiger partial charge in [-0.1, -0.05) is 23.7 Å². The molecule has 134 valence electrons. The molecule has 3 rings (SSSR count). The standard InChI is InChI=1S/C17H20ClN3O3S/c1-11-16(17(22)19-9-13-4-3-5-14(18)8-13)12(2)21(20-11)15-6-7-25(23,24)10-15/h3-5,8,15H,6-7,9-10H2,1-2H3,(H,19,22)/t15-/m1/s1. The van der Waals surface area contributed by atoms with Gasteiger partial charge in [0.15, 0.2) is 9.84 Å². The first-order valence-corrected chi connectivity index (χ1v) is 10.3. The van der Waals surface area contributed by atoms with Crippen LogP contribution in [0, 0.1) is 13.8 Å². The molecule has 1 atom stereocenters. The lowest BCUT2D eigenvalue weighted by atomic mass is 10.1. The Morgan fingerprint density at radius 3 is 2.80 bits per heavy atom. The molecule has 0 unspecified atom stereocenters. The summed E-state index contributed by atoms with van der Waals surface area (Å²) in [6.45, 7) is 3.93. The van der Waals surface area contributed by atoms with Crippen molar-refractivity contribution in [2.45, 2.75) is 32.9 Å². The van der Waals surface area contributed by atoms with Crippen LogP contribution < -0.4 is 5.32 Å². The predicted molar refractivity (Wildman–Crippen MR) is 96.6 cm³/mol. The van der Waals surface area contributed by atoms with Gasteiger partial charge >= 0.3 is 0 Å². The van der Waals surface area contributed by atoms with E-state index in [1.54, 1.807) is 30.7 Å². The van der Waals surface area contributed by atoms with Crippen LogP contribution in [-0.2, 0) is 16.4 Å². The Balaban J connectivity index is 1.77. The number of benzene rings is 1. The molecule has 1 aliphatic heterocycles. The summed E-state index contributed by atoms with van der Waals surface area (Å²) in [5.41, 5.74) is 2.71. The lowest BCUT2D eigenvalue weighted by molar-refractivity contribution is 0.0949. The van der Waals surface area contributed by atoms with E-state index < -0.39 is 9.84 Å². The van der Waals surface area contributed by atoms with Gasteiger partial charge in [0.1, 0.15) is 0 Å². The zero-order chi connectivity index (χ0) is 18.2. The van der Waals surface area contributed by atoms with E-state index in [0.717, 1.165) is 5.56 Å². The average Bonchev–Trinajstić information content (AvgIpc) is 3.04. The Morgan fingerprint density at radius 1 is 1.40 bits per heavy atom. The number of halogens is 1. The summed E-state index contributed by atoms with van der Waals surface area (Å²) < 4.78 is 25.1. The van der Waals surface area contributed by atoms with Crippen LogP contribution in [-0.4, -0.2) is 35.6 Å². The van der Waals surface area contributed by atoms with Crippen LogP contribution in [0.2, 0.25) is 5.02 Å². The fourth-order valence-corrected chi connectivity index (χ4v) is 5.14. The summed E-state index contributed by atoms with van der Waals surface area (Å²) in [7, 11) is -3.01. The molecule has 1 aromatic carbocycles. The molecule has 1 saturated heterocycles. The third-order valence-electron chi connectivity index (χ3n) is 4.45. The zero-order valence-electron chi connectivity index (χ0n) is 14.1. The lowest BCUT2D eigenvalue weighted by Gasteiger charge is -2.11. The first kappa shape index (κ1) is 17.9. The Labute approximate surface area is 152 Å². The molecule has 1 aliphatic rings. The molecule has 0 radical (unpaired) electrons. The van der Waals surface area contributed by atoms with E-state index in [1.807, 2.05) is 12.1 Å². The lowest BCUT2D eigenvalue weighted by Crippen LogP contribution is -2.24. The number of rotatable bonds is 4. The number of carbonyl (C=O) groups excluding carboxylic acids is 1.